The second-order valence-corrected chi connectivity index (χ2v) is 9.64. The molecule has 1 aromatic carbocycles. The number of pyridine rings is 1. The molecule has 34 heavy (non-hydrogen) atoms. The molecular weight excluding hydrogens is 461 g/mol. The molecule has 7 nitrogen and oxygen atoms in total. The molecule has 4 rings (SSSR count). The molecule has 0 bridgehead atoms. The number of hydrogen-bond acceptors (Lipinski definition) is 6. The number of halogens is 2. The van der Waals surface area contributed by atoms with Crippen LogP contribution in [-0.2, 0) is 4.79 Å². The number of rotatable bonds is 7. The van der Waals surface area contributed by atoms with Gasteiger partial charge in [0.05, 0.1) is 30.4 Å². The van der Waals surface area contributed by atoms with Crippen molar-refractivity contribution in [3.8, 4) is 11.6 Å². The number of hydrogen-bond donors (Lipinski definition) is 1. The van der Waals surface area contributed by atoms with E-state index in [2.05, 4.69) is 16.8 Å². The highest BCUT2D eigenvalue weighted by Crippen LogP contribution is 2.36. The number of ether oxygens (including phenoxy) is 2. The Kier molecular flexibility index (Phi) is 7.36. The van der Waals surface area contributed by atoms with Crippen molar-refractivity contribution in [2.75, 3.05) is 36.5 Å². The zero-order chi connectivity index (χ0) is 24.4. The molecule has 0 spiro atoms. The lowest BCUT2D eigenvalue weighted by Crippen LogP contribution is -2.44. The molecule has 2 aromatic rings. The van der Waals surface area contributed by atoms with Gasteiger partial charge in [-0.15, -0.1) is 0 Å². The monoisotopic (exact) mass is 491 g/mol. The van der Waals surface area contributed by atoms with Gasteiger partial charge >= 0.3 is 5.97 Å². The van der Waals surface area contributed by atoms with Gasteiger partial charge in [0.15, 0.2) is 0 Å². The Bertz CT molecular complexity index is 1010. The highest BCUT2D eigenvalue weighted by molar-refractivity contribution is 6.33. The molecule has 2 fully saturated rings. The van der Waals surface area contributed by atoms with Gasteiger partial charge in [-0.25, -0.2) is 9.37 Å². The van der Waals surface area contributed by atoms with Crippen LogP contribution in [0, 0.1) is 11.8 Å². The van der Waals surface area contributed by atoms with Crippen LogP contribution < -0.4 is 19.3 Å². The molecule has 2 aliphatic rings. The fraction of sp³-hybridized carbons (Fsp3) is 0.520. The number of carboxylic acids is 1. The van der Waals surface area contributed by atoms with E-state index < -0.39 is 12.1 Å². The second kappa shape index (κ2) is 10.3. The molecule has 184 valence electrons. The first-order valence-corrected chi connectivity index (χ1v) is 12.0. The zero-order valence-corrected chi connectivity index (χ0v) is 20.4. The van der Waals surface area contributed by atoms with E-state index in [4.69, 9.17) is 21.1 Å². The van der Waals surface area contributed by atoms with Crippen LogP contribution >= 0.6 is 11.6 Å². The lowest BCUT2D eigenvalue weighted by Gasteiger charge is -2.38. The summed E-state index contributed by atoms with van der Waals surface area (Å²) in [6.45, 7) is 5.72. The lowest BCUT2D eigenvalue weighted by atomic mass is 9.96. The second-order valence-electron chi connectivity index (χ2n) is 9.23. The number of carbonyl (C=O) groups is 1. The minimum absolute atomic E-state index is 0.0476. The SMILES string of the molecule is COc1cc(N2CCC(Oc3ccc(N4CC(F)C(C)C4CC(=O)O)cc3)C(C)C2)c(Cl)cn1. The first-order chi connectivity index (χ1) is 16.3. The Morgan fingerprint density at radius 1 is 1.26 bits per heavy atom. The lowest BCUT2D eigenvalue weighted by molar-refractivity contribution is -0.137. The van der Waals surface area contributed by atoms with Gasteiger partial charge in [0.25, 0.3) is 0 Å². The molecule has 0 amide bonds. The maximum Gasteiger partial charge on any atom is 0.305 e. The van der Waals surface area contributed by atoms with Crippen molar-refractivity contribution in [2.45, 2.75) is 45.0 Å². The van der Waals surface area contributed by atoms with Gasteiger partial charge in [-0.05, 0) is 24.3 Å². The summed E-state index contributed by atoms with van der Waals surface area (Å²) >= 11 is 6.37. The van der Waals surface area contributed by atoms with Crippen LogP contribution in [0.25, 0.3) is 0 Å². The number of anilines is 2. The van der Waals surface area contributed by atoms with Crippen molar-refractivity contribution < 1.29 is 23.8 Å². The highest BCUT2D eigenvalue weighted by Gasteiger charge is 2.40. The Morgan fingerprint density at radius 3 is 2.65 bits per heavy atom. The number of benzene rings is 1. The van der Waals surface area contributed by atoms with Gasteiger partial charge < -0.3 is 24.4 Å². The van der Waals surface area contributed by atoms with Crippen LogP contribution in [0.4, 0.5) is 15.8 Å². The molecule has 5 unspecified atom stereocenters. The summed E-state index contributed by atoms with van der Waals surface area (Å²) < 4.78 is 25.9. The quantitative estimate of drug-likeness (QED) is 0.603. The molecule has 0 radical (unpaired) electrons. The fourth-order valence-electron chi connectivity index (χ4n) is 4.96. The van der Waals surface area contributed by atoms with Gasteiger partial charge in [-0.2, -0.15) is 0 Å². The molecule has 2 saturated heterocycles. The number of aromatic nitrogens is 1. The maximum absolute atomic E-state index is 14.3. The van der Waals surface area contributed by atoms with E-state index in [0.29, 0.717) is 10.9 Å². The smallest absolute Gasteiger partial charge is 0.305 e. The predicted molar refractivity (Wildman–Crippen MR) is 130 cm³/mol. The number of carboxylic acid groups (broad SMARTS) is 1. The third-order valence-electron chi connectivity index (χ3n) is 6.97. The first-order valence-electron chi connectivity index (χ1n) is 11.6. The van der Waals surface area contributed by atoms with Crippen LogP contribution in [0.15, 0.2) is 36.5 Å². The number of nitrogens with zero attached hydrogens (tertiary/aromatic N) is 3. The van der Waals surface area contributed by atoms with Crippen LogP contribution in [0.2, 0.25) is 5.02 Å². The molecule has 0 aliphatic carbocycles. The van der Waals surface area contributed by atoms with E-state index >= 15 is 0 Å². The van der Waals surface area contributed by atoms with Crippen molar-refractivity contribution in [1.29, 1.82) is 0 Å². The summed E-state index contributed by atoms with van der Waals surface area (Å²) in [6, 6.07) is 9.03. The Hall–Kier alpha value is -2.74. The summed E-state index contributed by atoms with van der Waals surface area (Å²) in [4.78, 5) is 19.5. The average Bonchev–Trinajstić information content (AvgIpc) is 3.09. The van der Waals surface area contributed by atoms with Crippen LogP contribution in [-0.4, -0.2) is 61.1 Å². The summed E-state index contributed by atoms with van der Waals surface area (Å²) in [5, 5.41) is 9.83. The molecule has 0 saturated carbocycles. The normalized spacial score (nSPS) is 27.0. The van der Waals surface area contributed by atoms with Crippen molar-refractivity contribution >= 4 is 28.9 Å². The summed E-state index contributed by atoms with van der Waals surface area (Å²) in [5.41, 5.74) is 1.72. The number of aliphatic carboxylic acids is 1. The Morgan fingerprint density at radius 2 is 2.00 bits per heavy atom. The third-order valence-corrected chi connectivity index (χ3v) is 7.27. The number of methoxy groups -OCH3 is 1. The molecule has 2 aliphatic heterocycles. The van der Waals surface area contributed by atoms with Crippen molar-refractivity contribution in [2.24, 2.45) is 11.8 Å². The molecule has 1 aromatic heterocycles. The Balaban J connectivity index is 1.39. The fourth-order valence-corrected chi connectivity index (χ4v) is 5.18. The van der Waals surface area contributed by atoms with Crippen LogP contribution in [0.3, 0.4) is 0 Å². The topological polar surface area (TPSA) is 75.1 Å². The van der Waals surface area contributed by atoms with Crippen LogP contribution in [0.5, 0.6) is 11.6 Å². The maximum atomic E-state index is 14.3. The van der Waals surface area contributed by atoms with Gasteiger partial charge in [0.1, 0.15) is 18.0 Å². The van der Waals surface area contributed by atoms with E-state index in [0.717, 1.165) is 36.6 Å². The standard InChI is InChI=1S/C25H31ClFN3O4/c1-15-13-29(22-10-24(33-3)28-12-19(22)26)9-8-23(15)34-18-6-4-17(5-7-18)30-14-20(27)16(2)21(30)11-25(31)32/h4-7,10,12,15-16,20-21,23H,8-9,11,13-14H2,1-3H3,(H,31,32). The summed E-state index contributed by atoms with van der Waals surface area (Å²) in [6.07, 6.45) is 1.37. The molecular formula is C25H31ClFN3O4. The van der Waals surface area contributed by atoms with Crippen molar-refractivity contribution in [3.05, 3.63) is 41.6 Å². The number of alkyl halides is 1. The first kappa shape index (κ1) is 24.4. The predicted octanol–water partition coefficient (Wildman–Crippen LogP) is 4.67. The van der Waals surface area contributed by atoms with E-state index in [1.165, 1.54) is 0 Å². The summed E-state index contributed by atoms with van der Waals surface area (Å²) in [7, 11) is 1.58. The summed E-state index contributed by atoms with van der Waals surface area (Å²) in [5.74, 6) is 0.295. The van der Waals surface area contributed by atoms with Gasteiger partial charge in [0.2, 0.25) is 5.88 Å². The van der Waals surface area contributed by atoms with E-state index in [1.807, 2.05) is 35.2 Å². The van der Waals surface area contributed by atoms with Crippen molar-refractivity contribution in [1.82, 2.24) is 4.98 Å². The largest absolute Gasteiger partial charge is 0.490 e. The molecule has 1 N–H and O–H groups in total. The molecule has 9 heteroatoms. The average molecular weight is 492 g/mol. The molecule has 5 atom stereocenters. The molecule has 3 heterocycles. The van der Waals surface area contributed by atoms with Crippen LogP contribution in [0.1, 0.15) is 26.7 Å². The van der Waals surface area contributed by atoms with E-state index in [9.17, 15) is 14.3 Å². The Labute approximate surface area is 204 Å². The third kappa shape index (κ3) is 5.17. The minimum atomic E-state index is -1.04. The van der Waals surface area contributed by atoms with E-state index in [1.54, 1.807) is 20.2 Å². The minimum Gasteiger partial charge on any atom is -0.490 e. The van der Waals surface area contributed by atoms with E-state index in [-0.39, 0.29) is 36.9 Å². The van der Waals surface area contributed by atoms with Crippen molar-refractivity contribution in [3.63, 3.8) is 0 Å². The zero-order valence-electron chi connectivity index (χ0n) is 19.7. The van der Waals surface area contributed by atoms with Gasteiger partial charge in [-0.3, -0.25) is 4.79 Å². The highest BCUT2D eigenvalue weighted by atomic mass is 35.5. The van der Waals surface area contributed by atoms with Gasteiger partial charge in [-0.1, -0.05) is 25.4 Å². The number of piperidine rings is 1. The van der Waals surface area contributed by atoms with Gasteiger partial charge in [0, 0.05) is 55.7 Å².